The van der Waals surface area contributed by atoms with Crippen molar-refractivity contribution < 1.29 is 28.9 Å². The molecule has 0 heterocycles. The van der Waals surface area contributed by atoms with Gasteiger partial charge in [-0.05, 0) is 38.5 Å². The van der Waals surface area contributed by atoms with Crippen molar-refractivity contribution in [2.24, 2.45) is 0 Å². The minimum absolute atomic E-state index is 0.141. The average molecular weight is 760 g/mol. The quantitative estimate of drug-likeness (QED) is 0.0231. The first-order valence-corrected chi connectivity index (χ1v) is 21.4. The number of alkyl halides is 2. The van der Waals surface area contributed by atoms with E-state index in [2.05, 4.69) is 47.1 Å². The van der Waals surface area contributed by atoms with Gasteiger partial charge in [0.1, 0.15) is 0 Å². The summed E-state index contributed by atoms with van der Waals surface area (Å²) in [5.74, 6) is 0. The summed E-state index contributed by atoms with van der Waals surface area (Å²) in [5, 5.41) is 8.66. The lowest BCUT2D eigenvalue weighted by molar-refractivity contribution is 0.0664. The largest absolute Gasteiger partial charge is 0.509 e. The maximum Gasteiger partial charge on any atom is 0.509 e. The smallest absolute Gasteiger partial charge is 0.437 e. The Morgan fingerprint density at radius 3 is 1.10 bits per heavy atom. The first-order chi connectivity index (χ1) is 24.0. The molecule has 0 unspecified atom stereocenters. The summed E-state index contributed by atoms with van der Waals surface area (Å²) < 4.78 is 13.3. The van der Waals surface area contributed by atoms with Crippen LogP contribution in [0.15, 0.2) is 12.2 Å². The lowest BCUT2D eigenvalue weighted by Crippen LogP contribution is -2.07. The standard InChI is InChI=1S/C20H39ClO3.C18H36O.C2H2Cl2O2/c1-2-3-4-5-6-7-8-9-10-11-12-13-14-15-16-17-18-23-20(22)24-19-21;1-2-3-4-5-6-7-8-9-10-11-12-13-14-15-16-17-18-19;3-1-6-2(4)5/h2-19H2,1H3;9-10,19H,2-8,11-18H2,1H3;1H2/b;10-9+;. The van der Waals surface area contributed by atoms with Crippen LogP contribution in [0.1, 0.15) is 206 Å². The number of hydrogen-bond acceptors (Lipinski definition) is 6. The predicted molar refractivity (Wildman–Crippen MR) is 212 cm³/mol. The normalized spacial score (nSPS) is 10.7. The summed E-state index contributed by atoms with van der Waals surface area (Å²) >= 11 is 14.8. The maximum atomic E-state index is 10.9. The van der Waals surface area contributed by atoms with Crippen molar-refractivity contribution in [1.82, 2.24) is 0 Å². The fourth-order valence-corrected chi connectivity index (χ4v) is 5.59. The van der Waals surface area contributed by atoms with Gasteiger partial charge in [0.05, 0.1) is 6.61 Å². The van der Waals surface area contributed by atoms with E-state index in [1.165, 1.54) is 173 Å². The van der Waals surface area contributed by atoms with Crippen LogP contribution in [0.2, 0.25) is 0 Å². The Morgan fingerprint density at radius 2 is 0.796 bits per heavy atom. The van der Waals surface area contributed by atoms with Crippen LogP contribution in [0.25, 0.3) is 0 Å². The molecule has 0 radical (unpaired) electrons. The number of halogens is 3. The fourth-order valence-electron chi connectivity index (χ4n) is 5.29. The van der Waals surface area contributed by atoms with Gasteiger partial charge in [-0.25, -0.2) is 9.59 Å². The molecule has 0 fully saturated rings. The summed E-state index contributed by atoms with van der Waals surface area (Å²) in [7, 11) is 0. The third-order valence-electron chi connectivity index (χ3n) is 8.23. The van der Waals surface area contributed by atoms with E-state index in [0.717, 1.165) is 19.3 Å². The highest BCUT2D eigenvalue weighted by Gasteiger charge is 2.01. The third kappa shape index (κ3) is 59.8. The molecule has 9 heteroatoms. The van der Waals surface area contributed by atoms with Crippen molar-refractivity contribution in [2.75, 3.05) is 25.3 Å². The number of aliphatic hydroxyl groups excluding tert-OH is 1. The second-order valence-electron chi connectivity index (χ2n) is 12.8. The molecule has 0 aromatic heterocycles. The molecule has 0 aliphatic rings. The van der Waals surface area contributed by atoms with E-state index in [1.807, 2.05) is 0 Å². The van der Waals surface area contributed by atoms with Crippen molar-refractivity contribution in [3.63, 3.8) is 0 Å². The molecule has 6 nitrogen and oxygen atoms in total. The van der Waals surface area contributed by atoms with Crippen LogP contribution in [0.3, 0.4) is 0 Å². The van der Waals surface area contributed by atoms with Crippen LogP contribution in [-0.2, 0) is 14.2 Å². The molecule has 0 bridgehead atoms. The lowest BCUT2D eigenvalue weighted by Gasteiger charge is -2.04. The molecule has 0 aromatic carbocycles. The molecule has 294 valence electrons. The van der Waals surface area contributed by atoms with E-state index in [9.17, 15) is 9.59 Å². The zero-order chi connectivity index (χ0) is 36.7. The van der Waals surface area contributed by atoms with E-state index < -0.39 is 11.6 Å². The van der Waals surface area contributed by atoms with E-state index in [-0.39, 0.29) is 12.1 Å². The van der Waals surface area contributed by atoms with Crippen molar-refractivity contribution >= 4 is 46.4 Å². The van der Waals surface area contributed by atoms with Crippen LogP contribution in [-0.4, -0.2) is 42.0 Å². The van der Waals surface area contributed by atoms with Gasteiger partial charge in [-0.15, -0.1) is 0 Å². The minimum Gasteiger partial charge on any atom is -0.437 e. The molecule has 0 atom stereocenters. The van der Waals surface area contributed by atoms with Gasteiger partial charge < -0.3 is 19.3 Å². The van der Waals surface area contributed by atoms with Gasteiger partial charge in [-0.1, -0.05) is 203 Å². The maximum absolute atomic E-state index is 10.9. The summed E-state index contributed by atoms with van der Waals surface area (Å²) in [5.41, 5.74) is -0.870. The number of carbonyl (C=O) groups is 2. The molecule has 0 aliphatic carbocycles. The molecule has 0 aromatic rings. The van der Waals surface area contributed by atoms with E-state index in [0.29, 0.717) is 13.2 Å². The zero-order valence-corrected chi connectivity index (χ0v) is 34.1. The number of ether oxygens (including phenoxy) is 3. The molecule has 1 N–H and O–H groups in total. The van der Waals surface area contributed by atoms with Crippen LogP contribution in [0.4, 0.5) is 9.59 Å². The SMILES string of the molecule is CCCCCCCC/C=C/CCCCCCCCO.CCCCCCCCCCCCCCCCCCOC(=O)OCCl.O=C(Cl)OCCl. The Morgan fingerprint density at radius 1 is 0.469 bits per heavy atom. The van der Waals surface area contributed by atoms with E-state index in [4.69, 9.17) is 33.0 Å². The van der Waals surface area contributed by atoms with E-state index in [1.54, 1.807) is 0 Å². The number of allylic oxidation sites excluding steroid dienone is 2. The highest BCUT2D eigenvalue weighted by atomic mass is 35.5. The fraction of sp³-hybridized carbons (Fsp3) is 0.900. The van der Waals surface area contributed by atoms with Gasteiger partial charge in [0.2, 0.25) is 0 Å². The Hall–Kier alpha value is -0.690. The molecular weight excluding hydrogens is 683 g/mol. The zero-order valence-electron chi connectivity index (χ0n) is 31.8. The molecule has 49 heavy (non-hydrogen) atoms. The van der Waals surface area contributed by atoms with Gasteiger partial charge in [0, 0.05) is 18.2 Å². The monoisotopic (exact) mass is 758 g/mol. The summed E-state index contributed by atoms with van der Waals surface area (Å²) in [4.78, 5) is 20.4. The molecular formula is C40H77Cl3O6. The molecule has 0 saturated carbocycles. The lowest BCUT2D eigenvalue weighted by atomic mass is 10.0. The number of rotatable bonds is 34. The highest BCUT2D eigenvalue weighted by molar-refractivity contribution is 6.61. The number of unbranched alkanes of at least 4 members (excludes halogenated alkanes) is 27. The average Bonchev–Trinajstić information content (AvgIpc) is 3.08. The van der Waals surface area contributed by atoms with Crippen molar-refractivity contribution in [3.05, 3.63) is 12.2 Å². The van der Waals surface area contributed by atoms with Gasteiger partial charge in [0.25, 0.3) is 0 Å². The Labute approximate surface area is 318 Å². The molecule has 0 amide bonds. The predicted octanol–water partition coefficient (Wildman–Crippen LogP) is 15.2. The van der Waals surface area contributed by atoms with Crippen molar-refractivity contribution in [3.8, 4) is 0 Å². The molecule has 0 spiro atoms. The first-order valence-electron chi connectivity index (χ1n) is 20.0. The van der Waals surface area contributed by atoms with Crippen LogP contribution in [0.5, 0.6) is 0 Å². The number of carbonyl (C=O) groups excluding carboxylic acids is 2. The van der Waals surface area contributed by atoms with Gasteiger partial charge in [-0.2, -0.15) is 0 Å². The highest BCUT2D eigenvalue weighted by Crippen LogP contribution is 2.14. The molecule has 0 aliphatic heterocycles. The Kier molecular flexibility index (Phi) is 55.5. The second-order valence-corrected chi connectivity index (χ2v) is 13.6. The van der Waals surface area contributed by atoms with Crippen LogP contribution < -0.4 is 0 Å². The number of hydrogen-bond donors (Lipinski definition) is 1. The van der Waals surface area contributed by atoms with Gasteiger partial charge in [0.15, 0.2) is 12.1 Å². The van der Waals surface area contributed by atoms with E-state index >= 15 is 0 Å². The Bertz CT molecular complexity index is 652. The Balaban J connectivity index is -0.000000753. The summed E-state index contributed by atoms with van der Waals surface area (Å²) in [6.45, 7) is 5.35. The first kappa shape index (κ1) is 52.7. The summed E-state index contributed by atoms with van der Waals surface area (Å²) in [6.07, 6.45) is 43.9. The van der Waals surface area contributed by atoms with Crippen LogP contribution in [0, 0.1) is 0 Å². The van der Waals surface area contributed by atoms with Crippen molar-refractivity contribution in [2.45, 2.75) is 206 Å². The molecule has 0 saturated heterocycles. The topological polar surface area (TPSA) is 82.1 Å². The second kappa shape index (κ2) is 51.7. The third-order valence-corrected chi connectivity index (χ3v) is 8.56. The summed E-state index contributed by atoms with van der Waals surface area (Å²) in [6, 6.07) is -0.319. The molecule has 0 rings (SSSR count). The van der Waals surface area contributed by atoms with Gasteiger partial charge >= 0.3 is 11.6 Å². The van der Waals surface area contributed by atoms with Crippen molar-refractivity contribution in [1.29, 1.82) is 0 Å². The number of aliphatic hydroxyl groups is 1. The minimum atomic E-state index is -0.870. The van der Waals surface area contributed by atoms with Crippen LogP contribution >= 0.6 is 34.8 Å². The van der Waals surface area contributed by atoms with Gasteiger partial charge in [-0.3, -0.25) is 0 Å².